The Hall–Kier alpha value is -2.53. The van der Waals surface area contributed by atoms with Crippen LogP contribution in [0, 0.1) is 17.3 Å². The highest BCUT2D eigenvalue weighted by molar-refractivity contribution is 5.69. The van der Waals surface area contributed by atoms with Gasteiger partial charge in [0.15, 0.2) is 0 Å². The molecule has 182 valence electrons. The Bertz CT molecular complexity index is 1040. The minimum Gasteiger partial charge on any atom is -0.493 e. The van der Waals surface area contributed by atoms with E-state index in [-0.39, 0.29) is 17.5 Å². The fourth-order valence-corrected chi connectivity index (χ4v) is 6.44. The van der Waals surface area contributed by atoms with E-state index in [1.165, 1.54) is 16.7 Å². The highest BCUT2D eigenvalue weighted by Crippen LogP contribution is 2.51. The van der Waals surface area contributed by atoms with Crippen LogP contribution in [-0.2, 0) is 6.42 Å². The monoisotopic (exact) mass is 462 g/mol. The SMILES string of the molecule is CC(C)COc1ccc(-c2ccc3c(c2)CC(C)(C)[C@H]3N(C(=O)O)[C@@H]2CN3CCC2CC3)cc1. The maximum absolute atomic E-state index is 12.7. The van der Waals surface area contributed by atoms with Crippen LogP contribution < -0.4 is 4.74 Å². The van der Waals surface area contributed by atoms with Crippen LogP contribution in [0.15, 0.2) is 42.5 Å². The van der Waals surface area contributed by atoms with Gasteiger partial charge in [0.2, 0.25) is 0 Å². The average molecular weight is 463 g/mol. The first kappa shape index (κ1) is 23.2. The molecule has 0 spiro atoms. The number of benzene rings is 2. The molecule has 0 radical (unpaired) electrons. The third-order valence-corrected chi connectivity index (χ3v) is 8.07. The van der Waals surface area contributed by atoms with Crippen molar-refractivity contribution >= 4 is 6.09 Å². The molecule has 3 saturated heterocycles. The third kappa shape index (κ3) is 4.31. The second-order valence-corrected chi connectivity index (χ2v) is 11.6. The zero-order chi connectivity index (χ0) is 24.0. The number of hydrogen-bond donors (Lipinski definition) is 1. The third-order valence-electron chi connectivity index (χ3n) is 8.07. The molecule has 5 heteroatoms. The summed E-state index contributed by atoms with van der Waals surface area (Å²) in [5.74, 6) is 1.88. The molecule has 3 fully saturated rings. The van der Waals surface area contributed by atoms with E-state index in [4.69, 9.17) is 4.74 Å². The van der Waals surface area contributed by atoms with Crippen LogP contribution in [0.4, 0.5) is 4.79 Å². The number of carbonyl (C=O) groups is 1. The van der Waals surface area contributed by atoms with Crippen molar-refractivity contribution in [2.75, 3.05) is 26.2 Å². The van der Waals surface area contributed by atoms with E-state index in [2.05, 4.69) is 62.9 Å². The van der Waals surface area contributed by atoms with Crippen molar-refractivity contribution in [3.8, 4) is 16.9 Å². The standard InChI is InChI=1S/C29H38N2O3/c1-19(2)18-34-24-8-5-20(6-9-24)22-7-10-25-23(15-22)16-29(3,4)27(25)31(28(32)33)26-17-30-13-11-21(26)12-14-30/h5-10,15,19,21,26-27H,11-14,16-18H2,1-4H3,(H,32,33)/t26-,27+/m1/s1. The van der Waals surface area contributed by atoms with E-state index < -0.39 is 6.09 Å². The lowest BCUT2D eigenvalue weighted by atomic mass is 9.79. The van der Waals surface area contributed by atoms with Crippen LogP contribution in [0.5, 0.6) is 5.75 Å². The molecule has 1 N–H and O–H groups in total. The number of carboxylic acid groups (broad SMARTS) is 1. The quantitative estimate of drug-likeness (QED) is 0.565. The lowest BCUT2D eigenvalue weighted by Crippen LogP contribution is -2.60. The normalized spacial score (nSPS) is 27.0. The molecule has 0 aromatic heterocycles. The molecule has 4 aliphatic rings. The summed E-state index contributed by atoms with van der Waals surface area (Å²) in [5.41, 5.74) is 4.66. The first-order valence-electron chi connectivity index (χ1n) is 12.8. The predicted molar refractivity (Wildman–Crippen MR) is 135 cm³/mol. The number of rotatable bonds is 6. The Morgan fingerprint density at radius 3 is 2.38 bits per heavy atom. The molecule has 6 rings (SSSR count). The number of ether oxygens (including phenoxy) is 1. The van der Waals surface area contributed by atoms with E-state index >= 15 is 0 Å². The number of nitrogens with zero attached hydrogens (tertiary/aromatic N) is 2. The molecular weight excluding hydrogens is 424 g/mol. The van der Waals surface area contributed by atoms with Crippen molar-refractivity contribution in [2.24, 2.45) is 17.3 Å². The van der Waals surface area contributed by atoms with Gasteiger partial charge in [0.25, 0.3) is 0 Å². The van der Waals surface area contributed by atoms with Crippen molar-refractivity contribution in [2.45, 2.75) is 59.0 Å². The van der Waals surface area contributed by atoms with Gasteiger partial charge < -0.3 is 14.7 Å². The highest BCUT2D eigenvalue weighted by Gasteiger charge is 2.50. The second-order valence-electron chi connectivity index (χ2n) is 11.6. The molecule has 34 heavy (non-hydrogen) atoms. The maximum Gasteiger partial charge on any atom is 0.408 e. The first-order chi connectivity index (χ1) is 16.2. The molecule has 3 heterocycles. The molecule has 5 nitrogen and oxygen atoms in total. The summed E-state index contributed by atoms with van der Waals surface area (Å²) in [6.07, 6.45) is 2.35. The first-order valence-corrected chi connectivity index (χ1v) is 12.8. The summed E-state index contributed by atoms with van der Waals surface area (Å²) in [7, 11) is 0. The minimum atomic E-state index is -0.772. The summed E-state index contributed by atoms with van der Waals surface area (Å²) in [6, 6.07) is 14.9. The van der Waals surface area contributed by atoms with Gasteiger partial charge in [-0.1, -0.05) is 58.0 Å². The Labute approximate surface area is 203 Å². The molecule has 2 aromatic carbocycles. The highest BCUT2D eigenvalue weighted by atomic mass is 16.5. The van der Waals surface area contributed by atoms with Gasteiger partial charge in [-0.3, -0.25) is 4.90 Å². The number of fused-ring (bicyclic) bond motifs is 4. The van der Waals surface area contributed by atoms with Crippen LogP contribution in [0.1, 0.15) is 57.7 Å². The van der Waals surface area contributed by atoms with Gasteiger partial charge in [-0.15, -0.1) is 0 Å². The molecule has 3 aliphatic heterocycles. The predicted octanol–water partition coefficient (Wildman–Crippen LogP) is 6.09. The molecule has 0 saturated carbocycles. The molecule has 0 unspecified atom stereocenters. The number of piperidine rings is 3. The molecule has 2 bridgehead atoms. The lowest BCUT2D eigenvalue weighted by molar-refractivity contribution is -0.0267. The van der Waals surface area contributed by atoms with Gasteiger partial charge >= 0.3 is 6.09 Å². The van der Waals surface area contributed by atoms with Crippen molar-refractivity contribution in [1.82, 2.24) is 9.80 Å². The van der Waals surface area contributed by atoms with E-state index in [9.17, 15) is 9.90 Å². The van der Waals surface area contributed by atoms with Crippen LogP contribution >= 0.6 is 0 Å². The van der Waals surface area contributed by atoms with E-state index in [0.29, 0.717) is 18.4 Å². The van der Waals surface area contributed by atoms with Gasteiger partial charge in [-0.05, 0) is 84.0 Å². The van der Waals surface area contributed by atoms with Gasteiger partial charge in [-0.2, -0.15) is 0 Å². The van der Waals surface area contributed by atoms with E-state index in [0.717, 1.165) is 50.2 Å². The zero-order valence-electron chi connectivity index (χ0n) is 21.0. The summed E-state index contributed by atoms with van der Waals surface area (Å²) in [4.78, 5) is 17.0. The molecular formula is C29H38N2O3. The Balaban J connectivity index is 1.43. The summed E-state index contributed by atoms with van der Waals surface area (Å²) in [6.45, 7) is 12.6. The summed E-state index contributed by atoms with van der Waals surface area (Å²) >= 11 is 0. The maximum atomic E-state index is 12.7. The Morgan fingerprint density at radius 2 is 1.79 bits per heavy atom. The van der Waals surface area contributed by atoms with Crippen LogP contribution in [0.25, 0.3) is 11.1 Å². The van der Waals surface area contributed by atoms with Crippen LogP contribution in [-0.4, -0.2) is 53.3 Å². The van der Waals surface area contributed by atoms with Gasteiger partial charge in [0.1, 0.15) is 5.75 Å². The molecule has 2 aromatic rings. The van der Waals surface area contributed by atoms with Crippen LogP contribution in [0.2, 0.25) is 0 Å². The smallest absolute Gasteiger partial charge is 0.408 e. The number of amides is 1. The Kier molecular flexibility index (Phi) is 6.09. The lowest BCUT2D eigenvalue weighted by Gasteiger charge is -2.51. The molecule has 1 amide bonds. The topological polar surface area (TPSA) is 53.0 Å². The Morgan fingerprint density at radius 1 is 1.12 bits per heavy atom. The summed E-state index contributed by atoms with van der Waals surface area (Å²) < 4.78 is 5.84. The van der Waals surface area contributed by atoms with Gasteiger partial charge in [0, 0.05) is 6.54 Å². The van der Waals surface area contributed by atoms with Crippen LogP contribution in [0.3, 0.4) is 0 Å². The van der Waals surface area contributed by atoms with E-state index in [1.807, 2.05) is 17.0 Å². The van der Waals surface area contributed by atoms with Gasteiger partial charge in [-0.25, -0.2) is 4.79 Å². The second kappa shape index (κ2) is 8.92. The van der Waals surface area contributed by atoms with Crippen molar-refractivity contribution < 1.29 is 14.6 Å². The fourth-order valence-electron chi connectivity index (χ4n) is 6.44. The van der Waals surface area contributed by atoms with Crippen molar-refractivity contribution in [3.63, 3.8) is 0 Å². The number of hydrogen-bond acceptors (Lipinski definition) is 3. The van der Waals surface area contributed by atoms with Gasteiger partial charge in [0.05, 0.1) is 18.7 Å². The van der Waals surface area contributed by atoms with Crippen molar-refractivity contribution in [3.05, 3.63) is 53.6 Å². The van der Waals surface area contributed by atoms with E-state index in [1.54, 1.807) is 0 Å². The fraction of sp³-hybridized carbons (Fsp3) is 0.552. The minimum absolute atomic E-state index is 0.0910. The average Bonchev–Trinajstić information content (AvgIpc) is 3.08. The molecule has 2 atom stereocenters. The largest absolute Gasteiger partial charge is 0.493 e. The molecule has 1 aliphatic carbocycles. The summed E-state index contributed by atoms with van der Waals surface area (Å²) in [5, 5.41) is 10.4. The van der Waals surface area contributed by atoms with Crippen molar-refractivity contribution in [1.29, 1.82) is 0 Å². The zero-order valence-corrected chi connectivity index (χ0v) is 21.0.